The molecule has 0 radical (unpaired) electrons. The van der Waals surface area contributed by atoms with E-state index < -0.39 is 0 Å². The molecule has 0 bridgehead atoms. The number of thiazole rings is 1. The standard InChI is InChI=1S/C16H20N2S/c1-4-17-14-7-5-6-13(10-14)8-9-16-18-15(11-19-16)12(2)3/h5-12,17H,4H2,1-3H3. The second-order valence-corrected chi connectivity index (χ2v) is 5.64. The van der Waals surface area contributed by atoms with E-state index in [4.69, 9.17) is 0 Å². The van der Waals surface area contributed by atoms with Gasteiger partial charge in [0.2, 0.25) is 0 Å². The Morgan fingerprint density at radius 1 is 1.32 bits per heavy atom. The van der Waals surface area contributed by atoms with Gasteiger partial charge in [-0.15, -0.1) is 11.3 Å². The maximum absolute atomic E-state index is 4.60. The second kappa shape index (κ2) is 6.53. The van der Waals surface area contributed by atoms with Gasteiger partial charge in [-0.05, 0) is 36.6 Å². The molecule has 0 aliphatic carbocycles. The first-order chi connectivity index (χ1) is 9.19. The zero-order valence-corrected chi connectivity index (χ0v) is 12.5. The summed E-state index contributed by atoms with van der Waals surface area (Å²) in [5.41, 5.74) is 3.53. The number of nitrogens with zero attached hydrogens (tertiary/aromatic N) is 1. The minimum atomic E-state index is 0.496. The van der Waals surface area contributed by atoms with Crippen LogP contribution >= 0.6 is 11.3 Å². The summed E-state index contributed by atoms with van der Waals surface area (Å²) in [7, 11) is 0. The van der Waals surface area contributed by atoms with Crippen molar-refractivity contribution in [3.05, 3.63) is 45.9 Å². The lowest BCUT2D eigenvalue weighted by molar-refractivity contribution is 0.832. The molecule has 1 heterocycles. The molecule has 0 saturated heterocycles. The molecule has 3 heteroatoms. The zero-order valence-electron chi connectivity index (χ0n) is 11.7. The molecular formula is C16H20N2S. The molecule has 0 amide bonds. The normalized spacial score (nSPS) is 11.4. The Morgan fingerprint density at radius 2 is 2.16 bits per heavy atom. The number of hydrogen-bond donors (Lipinski definition) is 1. The second-order valence-electron chi connectivity index (χ2n) is 4.75. The van der Waals surface area contributed by atoms with Crippen molar-refractivity contribution in [2.24, 2.45) is 0 Å². The predicted molar refractivity (Wildman–Crippen MR) is 85.7 cm³/mol. The van der Waals surface area contributed by atoms with Crippen LogP contribution in [0.1, 0.15) is 43.0 Å². The minimum Gasteiger partial charge on any atom is -0.385 e. The highest BCUT2D eigenvalue weighted by Gasteiger charge is 2.03. The van der Waals surface area contributed by atoms with Gasteiger partial charge < -0.3 is 5.32 Å². The maximum Gasteiger partial charge on any atom is 0.116 e. The maximum atomic E-state index is 4.60. The fourth-order valence-corrected chi connectivity index (χ4v) is 2.64. The molecule has 2 aromatic rings. The summed E-state index contributed by atoms with van der Waals surface area (Å²) in [5, 5.41) is 6.52. The van der Waals surface area contributed by atoms with Gasteiger partial charge in [-0.2, -0.15) is 0 Å². The third-order valence-electron chi connectivity index (χ3n) is 2.82. The van der Waals surface area contributed by atoms with Crippen LogP contribution in [0.4, 0.5) is 5.69 Å². The summed E-state index contributed by atoms with van der Waals surface area (Å²) >= 11 is 1.70. The van der Waals surface area contributed by atoms with Crippen LogP contribution in [0, 0.1) is 0 Å². The Kier molecular flexibility index (Phi) is 4.74. The third-order valence-corrected chi connectivity index (χ3v) is 3.65. The van der Waals surface area contributed by atoms with Crippen molar-refractivity contribution in [3.8, 4) is 0 Å². The quantitative estimate of drug-likeness (QED) is 0.840. The van der Waals surface area contributed by atoms with Crippen molar-refractivity contribution in [3.63, 3.8) is 0 Å². The molecule has 0 atom stereocenters. The number of aromatic nitrogens is 1. The van der Waals surface area contributed by atoms with Gasteiger partial charge >= 0.3 is 0 Å². The average Bonchev–Trinajstić information content (AvgIpc) is 2.86. The number of hydrogen-bond acceptors (Lipinski definition) is 3. The highest BCUT2D eigenvalue weighted by Crippen LogP contribution is 2.20. The first-order valence-electron chi connectivity index (χ1n) is 6.66. The van der Waals surface area contributed by atoms with Gasteiger partial charge in [-0.1, -0.05) is 32.1 Å². The van der Waals surface area contributed by atoms with Gasteiger partial charge in [0.05, 0.1) is 5.69 Å². The average molecular weight is 272 g/mol. The zero-order chi connectivity index (χ0) is 13.7. The van der Waals surface area contributed by atoms with Crippen LogP contribution in [0.15, 0.2) is 29.6 Å². The van der Waals surface area contributed by atoms with Gasteiger partial charge in [0, 0.05) is 17.6 Å². The van der Waals surface area contributed by atoms with Crippen LogP contribution in [0.3, 0.4) is 0 Å². The van der Waals surface area contributed by atoms with E-state index in [0.29, 0.717) is 5.92 Å². The topological polar surface area (TPSA) is 24.9 Å². The van der Waals surface area contributed by atoms with E-state index in [1.165, 1.54) is 11.3 Å². The lowest BCUT2D eigenvalue weighted by Gasteiger charge is -2.03. The van der Waals surface area contributed by atoms with Crippen LogP contribution in [0.25, 0.3) is 12.2 Å². The molecule has 0 aliphatic rings. The van der Waals surface area contributed by atoms with Crippen molar-refractivity contribution in [2.75, 3.05) is 11.9 Å². The fraction of sp³-hybridized carbons (Fsp3) is 0.312. The predicted octanol–water partition coefficient (Wildman–Crippen LogP) is 4.87. The van der Waals surface area contributed by atoms with E-state index in [-0.39, 0.29) is 0 Å². The number of anilines is 1. The number of benzene rings is 1. The lowest BCUT2D eigenvalue weighted by Crippen LogP contribution is -1.95. The van der Waals surface area contributed by atoms with Gasteiger partial charge in [0.15, 0.2) is 0 Å². The molecule has 1 N–H and O–H groups in total. The van der Waals surface area contributed by atoms with Crippen LogP contribution in [0.2, 0.25) is 0 Å². The summed E-state index contributed by atoms with van der Waals surface area (Å²) in [6, 6.07) is 8.41. The third kappa shape index (κ3) is 3.93. The molecule has 1 aromatic heterocycles. The summed E-state index contributed by atoms with van der Waals surface area (Å²) in [4.78, 5) is 4.60. The molecular weight excluding hydrogens is 252 g/mol. The summed E-state index contributed by atoms with van der Waals surface area (Å²) < 4.78 is 0. The van der Waals surface area contributed by atoms with Crippen LogP contribution in [0.5, 0.6) is 0 Å². The van der Waals surface area contributed by atoms with Gasteiger partial charge in [-0.3, -0.25) is 0 Å². The summed E-state index contributed by atoms with van der Waals surface area (Å²) in [6.07, 6.45) is 4.20. The van der Waals surface area contributed by atoms with E-state index in [9.17, 15) is 0 Å². The molecule has 0 aliphatic heterocycles. The highest BCUT2D eigenvalue weighted by atomic mass is 32.1. The SMILES string of the molecule is CCNc1cccc(C=Cc2nc(C(C)C)cs2)c1. The number of rotatable bonds is 5. The van der Waals surface area contributed by atoms with Crippen LogP contribution < -0.4 is 5.32 Å². The largest absolute Gasteiger partial charge is 0.385 e. The van der Waals surface area contributed by atoms with E-state index in [0.717, 1.165) is 17.2 Å². The molecule has 100 valence electrons. The van der Waals surface area contributed by atoms with Gasteiger partial charge in [0.25, 0.3) is 0 Å². The van der Waals surface area contributed by atoms with Crippen molar-refractivity contribution in [2.45, 2.75) is 26.7 Å². The van der Waals surface area contributed by atoms with Crippen molar-refractivity contribution in [1.29, 1.82) is 0 Å². The fourth-order valence-electron chi connectivity index (χ4n) is 1.77. The van der Waals surface area contributed by atoms with E-state index >= 15 is 0 Å². The van der Waals surface area contributed by atoms with Crippen molar-refractivity contribution < 1.29 is 0 Å². The molecule has 2 nitrogen and oxygen atoms in total. The molecule has 1 aromatic carbocycles. The number of nitrogens with one attached hydrogen (secondary N) is 1. The molecule has 0 unspecified atom stereocenters. The Balaban J connectivity index is 2.10. The van der Waals surface area contributed by atoms with Gasteiger partial charge in [-0.25, -0.2) is 4.98 Å². The van der Waals surface area contributed by atoms with Crippen LogP contribution in [-0.2, 0) is 0 Å². The molecule has 0 fully saturated rings. The van der Waals surface area contributed by atoms with Crippen molar-refractivity contribution >= 4 is 29.2 Å². The summed E-state index contributed by atoms with van der Waals surface area (Å²) in [6.45, 7) is 7.38. The Bertz CT molecular complexity index is 555. The lowest BCUT2D eigenvalue weighted by atomic mass is 10.1. The minimum absolute atomic E-state index is 0.496. The first-order valence-corrected chi connectivity index (χ1v) is 7.54. The summed E-state index contributed by atoms with van der Waals surface area (Å²) in [5.74, 6) is 0.496. The molecule has 0 saturated carbocycles. The van der Waals surface area contributed by atoms with Gasteiger partial charge in [0.1, 0.15) is 5.01 Å². The smallest absolute Gasteiger partial charge is 0.116 e. The van der Waals surface area contributed by atoms with Crippen LogP contribution in [-0.4, -0.2) is 11.5 Å². The Hall–Kier alpha value is -1.61. The first kappa shape index (κ1) is 13.8. The van der Waals surface area contributed by atoms with E-state index in [1.54, 1.807) is 11.3 Å². The van der Waals surface area contributed by atoms with E-state index in [1.807, 2.05) is 0 Å². The van der Waals surface area contributed by atoms with E-state index in [2.05, 4.69) is 72.9 Å². The Labute approximate surface area is 119 Å². The monoisotopic (exact) mass is 272 g/mol. The molecule has 0 spiro atoms. The highest BCUT2D eigenvalue weighted by molar-refractivity contribution is 7.10. The molecule has 2 rings (SSSR count). The Morgan fingerprint density at radius 3 is 2.84 bits per heavy atom. The van der Waals surface area contributed by atoms with Crippen molar-refractivity contribution in [1.82, 2.24) is 4.98 Å². The molecule has 19 heavy (non-hydrogen) atoms.